The van der Waals surface area contributed by atoms with Gasteiger partial charge < -0.3 is 20.6 Å². The van der Waals surface area contributed by atoms with Crippen LogP contribution in [-0.4, -0.2) is 46.5 Å². The van der Waals surface area contributed by atoms with Gasteiger partial charge in [0.15, 0.2) is 5.13 Å². The predicted molar refractivity (Wildman–Crippen MR) is 84.7 cm³/mol. The van der Waals surface area contributed by atoms with Crippen molar-refractivity contribution in [1.82, 2.24) is 15.2 Å². The van der Waals surface area contributed by atoms with E-state index in [9.17, 15) is 9.59 Å². The number of aliphatic carboxylic acids is 1. The van der Waals surface area contributed by atoms with E-state index in [1.54, 1.807) is 6.07 Å². The number of likely N-dealkylation sites (N-methyl/N-ethyl adjacent to an activating group) is 1. The van der Waals surface area contributed by atoms with Crippen LogP contribution in [0, 0.1) is 11.3 Å². The summed E-state index contributed by atoms with van der Waals surface area (Å²) >= 11 is 1.48. The number of thiazole rings is 1. The zero-order valence-corrected chi connectivity index (χ0v) is 13.6. The molecule has 1 aromatic heterocycles. The average Bonchev–Trinajstić information content (AvgIpc) is 2.89. The third-order valence-corrected chi connectivity index (χ3v) is 4.36. The monoisotopic (exact) mass is 335 g/mol. The normalized spacial score (nSPS) is 16.1. The summed E-state index contributed by atoms with van der Waals surface area (Å²) in [5, 5.41) is 23.5. The van der Waals surface area contributed by atoms with E-state index >= 15 is 0 Å². The van der Waals surface area contributed by atoms with Crippen LogP contribution in [0.25, 0.3) is 0 Å². The molecule has 1 amide bonds. The van der Waals surface area contributed by atoms with Gasteiger partial charge in [-0.25, -0.2) is 4.98 Å². The third-order valence-electron chi connectivity index (χ3n) is 3.35. The molecule has 1 atom stereocenters. The first kappa shape index (κ1) is 16.9. The number of nitrogens with one attached hydrogen (secondary N) is 2. The first-order valence-electron chi connectivity index (χ1n) is 6.98. The Morgan fingerprint density at radius 3 is 2.96 bits per heavy atom. The lowest BCUT2D eigenvalue weighted by Gasteiger charge is -2.20. The minimum atomic E-state index is -1.17. The highest BCUT2D eigenvalue weighted by atomic mass is 32.1. The molecule has 122 valence electrons. The van der Waals surface area contributed by atoms with E-state index in [4.69, 9.17) is 10.4 Å². The molecule has 0 aromatic carbocycles. The maximum atomic E-state index is 11.8. The SMILES string of the molecule is CC(NC(=O)/C(C#N)=C\Nc1nc2c(s1)CN(C)CC2)C(=O)O. The number of nitriles is 1. The summed E-state index contributed by atoms with van der Waals surface area (Å²) in [4.78, 5) is 30.3. The van der Waals surface area contributed by atoms with Crippen LogP contribution in [0.3, 0.4) is 0 Å². The van der Waals surface area contributed by atoms with Gasteiger partial charge in [0, 0.05) is 30.6 Å². The molecule has 0 saturated heterocycles. The van der Waals surface area contributed by atoms with Crippen LogP contribution < -0.4 is 10.6 Å². The van der Waals surface area contributed by atoms with Crippen molar-refractivity contribution in [1.29, 1.82) is 5.26 Å². The molecule has 1 aromatic rings. The number of hydrogen-bond donors (Lipinski definition) is 3. The summed E-state index contributed by atoms with van der Waals surface area (Å²) in [5.41, 5.74) is 0.829. The zero-order chi connectivity index (χ0) is 17.0. The molecule has 1 aliphatic rings. The van der Waals surface area contributed by atoms with Gasteiger partial charge in [-0.1, -0.05) is 0 Å². The zero-order valence-electron chi connectivity index (χ0n) is 12.8. The van der Waals surface area contributed by atoms with Gasteiger partial charge in [-0.15, -0.1) is 11.3 Å². The minimum Gasteiger partial charge on any atom is -0.480 e. The van der Waals surface area contributed by atoms with Crippen molar-refractivity contribution in [2.24, 2.45) is 0 Å². The number of rotatable bonds is 5. The quantitative estimate of drug-likeness (QED) is 0.531. The maximum absolute atomic E-state index is 11.8. The third kappa shape index (κ3) is 4.28. The Kier molecular flexibility index (Phi) is 5.31. The molecule has 3 N–H and O–H groups in total. The Balaban J connectivity index is 2.04. The minimum absolute atomic E-state index is 0.205. The molecule has 0 saturated carbocycles. The molecular formula is C14H17N5O3S. The molecule has 0 bridgehead atoms. The van der Waals surface area contributed by atoms with Gasteiger partial charge in [-0.3, -0.25) is 9.59 Å². The van der Waals surface area contributed by atoms with Crippen LogP contribution in [0.1, 0.15) is 17.5 Å². The van der Waals surface area contributed by atoms with Gasteiger partial charge in [0.25, 0.3) is 5.91 Å². The van der Waals surface area contributed by atoms with Crippen LogP contribution >= 0.6 is 11.3 Å². The van der Waals surface area contributed by atoms with Gasteiger partial charge in [0.2, 0.25) is 0 Å². The molecule has 2 rings (SSSR count). The Morgan fingerprint density at radius 2 is 2.30 bits per heavy atom. The molecule has 2 heterocycles. The Labute approximate surface area is 137 Å². The standard InChI is InChI=1S/C14H17N5O3S/c1-8(13(21)22)17-12(20)9(5-15)6-16-14-18-10-3-4-19(2)7-11(10)23-14/h6,8H,3-4,7H2,1-2H3,(H,16,18)(H,17,20)(H,21,22)/b9-6-. The van der Waals surface area contributed by atoms with E-state index in [1.165, 1.54) is 24.5 Å². The van der Waals surface area contributed by atoms with Gasteiger partial charge in [0.1, 0.15) is 17.7 Å². The second-order valence-corrected chi connectivity index (χ2v) is 6.31. The lowest BCUT2D eigenvalue weighted by molar-refractivity contribution is -0.140. The van der Waals surface area contributed by atoms with E-state index in [2.05, 4.69) is 20.5 Å². The summed E-state index contributed by atoms with van der Waals surface area (Å²) < 4.78 is 0. The number of carboxylic acids is 1. The summed E-state index contributed by atoms with van der Waals surface area (Å²) in [6.45, 7) is 3.11. The average molecular weight is 335 g/mol. The first-order valence-corrected chi connectivity index (χ1v) is 7.80. The van der Waals surface area contributed by atoms with Crippen LogP contribution in [0.5, 0.6) is 0 Å². The number of nitrogens with zero attached hydrogens (tertiary/aromatic N) is 3. The van der Waals surface area contributed by atoms with Gasteiger partial charge in [-0.05, 0) is 14.0 Å². The lowest BCUT2D eigenvalue weighted by atomic mass is 10.2. The van der Waals surface area contributed by atoms with Crippen molar-refractivity contribution in [3.05, 3.63) is 22.3 Å². The van der Waals surface area contributed by atoms with Crippen LogP contribution in [-0.2, 0) is 22.6 Å². The number of carboxylic acid groups (broad SMARTS) is 1. The molecule has 9 heteroatoms. The molecule has 0 fully saturated rings. The molecule has 1 unspecified atom stereocenters. The van der Waals surface area contributed by atoms with Crippen molar-refractivity contribution < 1.29 is 14.7 Å². The fourth-order valence-corrected chi connectivity index (χ4v) is 3.06. The van der Waals surface area contributed by atoms with Gasteiger partial charge >= 0.3 is 5.97 Å². The Hall–Kier alpha value is -2.44. The Bertz CT molecular complexity index is 691. The number of amides is 1. The van der Waals surface area contributed by atoms with E-state index < -0.39 is 17.9 Å². The van der Waals surface area contributed by atoms with Crippen molar-refractivity contribution in [2.45, 2.75) is 25.9 Å². The molecule has 23 heavy (non-hydrogen) atoms. The number of hydrogen-bond acceptors (Lipinski definition) is 7. The first-order chi connectivity index (χ1) is 10.9. The van der Waals surface area contributed by atoms with E-state index in [0.717, 1.165) is 30.1 Å². The van der Waals surface area contributed by atoms with E-state index in [0.29, 0.717) is 5.13 Å². The summed E-state index contributed by atoms with van der Waals surface area (Å²) in [5.74, 6) is -1.91. The smallest absolute Gasteiger partial charge is 0.325 e. The maximum Gasteiger partial charge on any atom is 0.325 e. The summed E-state index contributed by atoms with van der Waals surface area (Å²) in [7, 11) is 2.04. The van der Waals surface area contributed by atoms with Crippen molar-refractivity contribution in [2.75, 3.05) is 18.9 Å². The number of aromatic nitrogens is 1. The number of anilines is 1. The van der Waals surface area contributed by atoms with Crippen molar-refractivity contribution in [3.63, 3.8) is 0 Å². The second-order valence-electron chi connectivity index (χ2n) is 5.22. The second kappa shape index (κ2) is 7.21. The fourth-order valence-electron chi connectivity index (χ4n) is 2.00. The number of carbonyl (C=O) groups is 2. The van der Waals surface area contributed by atoms with Crippen LogP contribution in [0.4, 0.5) is 5.13 Å². The van der Waals surface area contributed by atoms with E-state index in [1.807, 2.05) is 7.05 Å². The van der Waals surface area contributed by atoms with Gasteiger partial charge in [-0.2, -0.15) is 5.26 Å². The van der Waals surface area contributed by atoms with Crippen LogP contribution in [0.2, 0.25) is 0 Å². The molecule has 1 aliphatic heterocycles. The highest BCUT2D eigenvalue weighted by Crippen LogP contribution is 2.27. The largest absolute Gasteiger partial charge is 0.480 e. The lowest BCUT2D eigenvalue weighted by Crippen LogP contribution is -2.39. The number of carbonyl (C=O) groups excluding carboxylic acids is 1. The highest BCUT2D eigenvalue weighted by Gasteiger charge is 2.19. The molecule has 0 radical (unpaired) electrons. The summed E-state index contributed by atoms with van der Waals surface area (Å²) in [6.07, 6.45) is 2.12. The van der Waals surface area contributed by atoms with Crippen LogP contribution in [0.15, 0.2) is 11.8 Å². The Morgan fingerprint density at radius 1 is 1.57 bits per heavy atom. The fraction of sp³-hybridized carbons (Fsp3) is 0.429. The molecular weight excluding hydrogens is 318 g/mol. The highest BCUT2D eigenvalue weighted by molar-refractivity contribution is 7.15. The van der Waals surface area contributed by atoms with Crippen molar-refractivity contribution in [3.8, 4) is 6.07 Å². The predicted octanol–water partition coefficient (Wildman–Crippen LogP) is 0.540. The molecule has 0 aliphatic carbocycles. The molecule has 8 nitrogen and oxygen atoms in total. The van der Waals surface area contributed by atoms with Gasteiger partial charge in [0.05, 0.1) is 5.69 Å². The summed E-state index contributed by atoms with van der Waals surface area (Å²) in [6, 6.07) is 0.680. The molecule has 0 spiro atoms. The topological polar surface area (TPSA) is 118 Å². The van der Waals surface area contributed by atoms with Crippen molar-refractivity contribution >= 4 is 28.3 Å². The van der Waals surface area contributed by atoms with E-state index in [-0.39, 0.29) is 5.57 Å². The number of fused-ring (bicyclic) bond motifs is 1.